The molecule has 0 fully saturated rings. The molecule has 134 valence electrons. The van der Waals surface area contributed by atoms with E-state index in [2.05, 4.69) is 5.32 Å². The van der Waals surface area contributed by atoms with Crippen LogP contribution in [0.15, 0.2) is 36.4 Å². The van der Waals surface area contributed by atoms with E-state index in [-0.39, 0.29) is 5.91 Å². The molecule has 1 amide bonds. The molecule has 2 rings (SSSR count). The summed E-state index contributed by atoms with van der Waals surface area (Å²) in [5, 5.41) is 3.10. The lowest BCUT2D eigenvalue weighted by Gasteiger charge is -2.13. The lowest BCUT2D eigenvalue weighted by Crippen LogP contribution is -2.19. The van der Waals surface area contributed by atoms with E-state index in [0.29, 0.717) is 34.3 Å². The van der Waals surface area contributed by atoms with Crippen LogP contribution in [0.3, 0.4) is 0 Å². The lowest BCUT2D eigenvalue weighted by molar-refractivity contribution is 0.102. The number of methoxy groups -OCH3 is 1. The molecule has 2 aromatic rings. The van der Waals surface area contributed by atoms with E-state index in [4.69, 9.17) is 26.8 Å². The van der Waals surface area contributed by atoms with Gasteiger partial charge in [0.1, 0.15) is 18.1 Å². The number of nitrogen functional groups attached to an aromatic ring is 1. The van der Waals surface area contributed by atoms with Gasteiger partial charge in [0.05, 0.1) is 23.4 Å². The Balaban J connectivity index is 2.04. The van der Waals surface area contributed by atoms with Crippen LogP contribution in [-0.4, -0.2) is 45.2 Å². The molecule has 0 aliphatic rings. The molecular formula is C18H22ClN3O3. The minimum absolute atomic E-state index is 0.301. The van der Waals surface area contributed by atoms with Gasteiger partial charge in [-0.2, -0.15) is 0 Å². The molecule has 0 saturated carbocycles. The summed E-state index contributed by atoms with van der Waals surface area (Å²) < 4.78 is 10.8. The number of likely N-dealkylation sites (N-methyl/N-ethyl adjacent to an activating group) is 1. The average Bonchev–Trinajstić information content (AvgIpc) is 2.58. The minimum atomic E-state index is -0.333. The second-order valence-corrected chi connectivity index (χ2v) is 6.11. The molecular weight excluding hydrogens is 342 g/mol. The second-order valence-electron chi connectivity index (χ2n) is 5.70. The highest BCUT2D eigenvalue weighted by molar-refractivity contribution is 6.33. The third kappa shape index (κ3) is 5.27. The number of amides is 1. The summed E-state index contributed by atoms with van der Waals surface area (Å²) >= 11 is 6.00. The Morgan fingerprint density at radius 1 is 1.24 bits per heavy atom. The molecule has 7 heteroatoms. The summed E-state index contributed by atoms with van der Waals surface area (Å²) in [5.74, 6) is 0.774. The third-order valence-electron chi connectivity index (χ3n) is 3.48. The molecule has 25 heavy (non-hydrogen) atoms. The SMILES string of the molecule is COc1cc(N)c(Cl)cc1C(=O)Nc1ccc(OCCN(C)C)cc1. The largest absolute Gasteiger partial charge is 0.496 e. The smallest absolute Gasteiger partial charge is 0.259 e. The van der Waals surface area contributed by atoms with Crippen LogP contribution < -0.4 is 20.5 Å². The molecule has 6 nitrogen and oxygen atoms in total. The molecule has 0 heterocycles. The van der Waals surface area contributed by atoms with Gasteiger partial charge in [-0.05, 0) is 44.4 Å². The zero-order valence-electron chi connectivity index (χ0n) is 14.5. The standard InChI is InChI=1S/C18H22ClN3O3/c1-22(2)8-9-25-13-6-4-12(5-7-13)21-18(23)14-10-15(19)16(20)11-17(14)24-3/h4-7,10-11H,8-9,20H2,1-3H3,(H,21,23). The first-order chi connectivity index (χ1) is 11.9. The fourth-order valence-corrected chi connectivity index (χ4v) is 2.26. The second kappa shape index (κ2) is 8.60. The monoisotopic (exact) mass is 363 g/mol. The Morgan fingerprint density at radius 2 is 1.92 bits per heavy atom. The van der Waals surface area contributed by atoms with Crippen molar-refractivity contribution in [3.05, 3.63) is 47.0 Å². The van der Waals surface area contributed by atoms with Crippen molar-refractivity contribution in [1.82, 2.24) is 4.90 Å². The Hall–Kier alpha value is -2.44. The normalized spacial score (nSPS) is 10.6. The Kier molecular flexibility index (Phi) is 6.50. The summed E-state index contributed by atoms with van der Waals surface area (Å²) in [5.41, 5.74) is 7.04. The number of carbonyl (C=O) groups excluding carboxylic acids is 1. The number of hydrogen-bond acceptors (Lipinski definition) is 5. The van der Waals surface area contributed by atoms with Crippen molar-refractivity contribution < 1.29 is 14.3 Å². The molecule has 0 aromatic heterocycles. The molecule has 0 aliphatic heterocycles. The Labute approximate surface area is 152 Å². The van der Waals surface area contributed by atoms with E-state index in [9.17, 15) is 4.79 Å². The van der Waals surface area contributed by atoms with Gasteiger partial charge in [-0.15, -0.1) is 0 Å². The molecule has 3 N–H and O–H groups in total. The topological polar surface area (TPSA) is 76.8 Å². The first-order valence-corrected chi connectivity index (χ1v) is 8.10. The van der Waals surface area contributed by atoms with Crippen molar-refractivity contribution in [1.29, 1.82) is 0 Å². The maximum Gasteiger partial charge on any atom is 0.259 e. The molecule has 0 bridgehead atoms. The highest BCUT2D eigenvalue weighted by atomic mass is 35.5. The predicted molar refractivity (Wildman–Crippen MR) is 101 cm³/mol. The van der Waals surface area contributed by atoms with E-state index in [1.165, 1.54) is 19.2 Å². The Bertz CT molecular complexity index is 733. The van der Waals surface area contributed by atoms with Crippen LogP contribution in [0.2, 0.25) is 5.02 Å². The molecule has 0 saturated heterocycles. The van der Waals surface area contributed by atoms with Crippen molar-refractivity contribution in [2.24, 2.45) is 0 Å². The number of hydrogen-bond donors (Lipinski definition) is 2. The van der Waals surface area contributed by atoms with Gasteiger partial charge >= 0.3 is 0 Å². The average molecular weight is 364 g/mol. The fourth-order valence-electron chi connectivity index (χ4n) is 2.09. The van der Waals surface area contributed by atoms with Crippen LogP contribution in [0, 0.1) is 0 Å². The summed E-state index contributed by atoms with van der Waals surface area (Å²) in [6.07, 6.45) is 0. The van der Waals surface area contributed by atoms with Crippen LogP contribution in [-0.2, 0) is 0 Å². The van der Waals surface area contributed by atoms with Gasteiger partial charge in [-0.3, -0.25) is 4.79 Å². The molecule has 0 unspecified atom stereocenters. The number of nitrogens with zero attached hydrogens (tertiary/aromatic N) is 1. The number of ether oxygens (including phenoxy) is 2. The van der Waals surface area contributed by atoms with E-state index < -0.39 is 0 Å². The van der Waals surface area contributed by atoms with Gasteiger partial charge < -0.3 is 25.4 Å². The van der Waals surface area contributed by atoms with Crippen LogP contribution >= 0.6 is 11.6 Å². The number of carbonyl (C=O) groups is 1. The highest BCUT2D eigenvalue weighted by Crippen LogP contribution is 2.29. The fraction of sp³-hybridized carbons (Fsp3) is 0.278. The number of anilines is 2. The quantitative estimate of drug-likeness (QED) is 0.739. The van der Waals surface area contributed by atoms with E-state index >= 15 is 0 Å². The number of benzene rings is 2. The first kappa shape index (κ1) is 18.9. The van der Waals surface area contributed by atoms with Gasteiger partial charge in [-0.1, -0.05) is 11.6 Å². The maximum atomic E-state index is 12.5. The number of nitrogens with one attached hydrogen (secondary N) is 1. The van der Waals surface area contributed by atoms with Crippen LogP contribution in [0.25, 0.3) is 0 Å². The molecule has 0 aliphatic carbocycles. The van der Waals surface area contributed by atoms with Gasteiger partial charge in [0.2, 0.25) is 0 Å². The van der Waals surface area contributed by atoms with Crippen LogP contribution in [0.5, 0.6) is 11.5 Å². The highest BCUT2D eigenvalue weighted by Gasteiger charge is 2.15. The van der Waals surface area contributed by atoms with Gasteiger partial charge in [-0.25, -0.2) is 0 Å². The lowest BCUT2D eigenvalue weighted by atomic mass is 10.1. The zero-order chi connectivity index (χ0) is 18.4. The van der Waals surface area contributed by atoms with E-state index in [1.807, 2.05) is 19.0 Å². The van der Waals surface area contributed by atoms with E-state index in [0.717, 1.165) is 12.3 Å². The summed E-state index contributed by atoms with van der Waals surface area (Å²) in [7, 11) is 5.44. The summed E-state index contributed by atoms with van der Waals surface area (Å²) in [6, 6.07) is 10.2. The predicted octanol–water partition coefficient (Wildman–Crippen LogP) is 3.12. The van der Waals surface area contributed by atoms with Crippen LogP contribution in [0.1, 0.15) is 10.4 Å². The number of halogens is 1. The van der Waals surface area contributed by atoms with Gasteiger partial charge in [0.15, 0.2) is 0 Å². The maximum absolute atomic E-state index is 12.5. The van der Waals surface area contributed by atoms with E-state index in [1.54, 1.807) is 24.3 Å². The van der Waals surface area contributed by atoms with Crippen LogP contribution in [0.4, 0.5) is 11.4 Å². The summed E-state index contributed by atoms with van der Waals surface area (Å²) in [4.78, 5) is 14.5. The van der Waals surface area contributed by atoms with Gasteiger partial charge in [0.25, 0.3) is 5.91 Å². The van der Waals surface area contributed by atoms with Crippen molar-refractivity contribution in [2.45, 2.75) is 0 Å². The number of rotatable bonds is 7. The van der Waals surface area contributed by atoms with Gasteiger partial charge in [0, 0.05) is 18.3 Å². The first-order valence-electron chi connectivity index (χ1n) is 7.72. The van der Waals surface area contributed by atoms with Crippen molar-refractivity contribution in [3.63, 3.8) is 0 Å². The third-order valence-corrected chi connectivity index (χ3v) is 3.81. The summed E-state index contributed by atoms with van der Waals surface area (Å²) in [6.45, 7) is 1.43. The minimum Gasteiger partial charge on any atom is -0.496 e. The van der Waals surface area contributed by atoms with Crippen molar-refractivity contribution in [3.8, 4) is 11.5 Å². The Morgan fingerprint density at radius 3 is 2.52 bits per heavy atom. The van der Waals surface area contributed by atoms with Crippen molar-refractivity contribution in [2.75, 3.05) is 45.4 Å². The molecule has 0 spiro atoms. The molecule has 2 aromatic carbocycles. The number of nitrogens with two attached hydrogens (primary N) is 1. The molecule has 0 atom stereocenters. The molecule has 0 radical (unpaired) electrons. The zero-order valence-corrected chi connectivity index (χ0v) is 15.3. The van der Waals surface area contributed by atoms with Crippen molar-refractivity contribution >= 4 is 28.9 Å².